The summed E-state index contributed by atoms with van der Waals surface area (Å²) < 4.78 is 11.1. The number of rotatable bonds is 4. The van der Waals surface area contributed by atoms with Crippen molar-refractivity contribution in [2.75, 3.05) is 26.8 Å². The smallest absolute Gasteiger partial charge is 0.263 e. The van der Waals surface area contributed by atoms with Crippen LogP contribution in [0.5, 0.6) is 11.5 Å². The van der Waals surface area contributed by atoms with Gasteiger partial charge in [0, 0.05) is 24.5 Å². The van der Waals surface area contributed by atoms with Gasteiger partial charge in [-0.25, -0.2) is 0 Å². The van der Waals surface area contributed by atoms with Crippen LogP contribution in [0.3, 0.4) is 0 Å². The Hall–Kier alpha value is -1.76. The molecule has 1 aromatic heterocycles. The largest absolute Gasteiger partial charge is 0.486 e. The molecule has 1 aliphatic heterocycles. The molecule has 2 N–H and O–H groups in total. The Morgan fingerprint density at radius 3 is 2.67 bits per heavy atom. The predicted molar refractivity (Wildman–Crippen MR) is 98.6 cm³/mol. The van der Waals surface area contributed by atoms with Gasteiger partial charge < -0.3 is 20.1 Å². The summed E-state index contributed by atoms with van der Waals surface area (Å²) in [7, 11) is 1.78. The van der Waals surface area contributed by atoms with Crippen LogP contribution in [0.25, 0.3) is 10.4 Å². The number of hydrogen-bond acceptors (Lipinski definition) is 5. The van der Waals surface area contributed by atoms with Gasteiger partial charge in [0.05, 0.1) is 4.88 Å². The summed E-state index contributed by atoms with van der Waals surface area (Å²) in [6.45, 7) is 3.53. The van der Waals surface area contributed by atoms with Crippen molar-refractivity contribution in [2.45, 2.75) is 13.0 Å². The first-order valence-corrected chi connectivity index (χ1v) is 8.39. The zero-order chi connectivity index (χ0) is 16.4. The molecule has 3 rings (SSSR count). The van der Waals surface area contributed by atoms with Crippen LogP contribution in [0.2, 0.25) is 0 Å². The fourth-order valence-electron chi connectivity index (χ4n) is 2.34. The van der Waals surface area contributed by atoms with Crippen LogP contribution in [0.15, 0.2) is 30.3 Å². The molecule has 1 aromatic carbocycles. The van der Waals surface area contributed by atoms with Gasteiger partial charge in [0.25, 0.3) is 5.91 Å². The first kappa shape index (κ1) is 18.6. The molecular formula is C17H21ClN2O3S. The first-order valence-electron chi connectivity index (χ1n) is 7.57. The summed E-state index contributed by atoms with van der Waals surface area (Å²) in [5.41, 5.74) is 6.65. The third-order valence-electron chi connectivity index (χ3n) is 3.97. The van der Waals surface area contributed by atoms with Crippen molar-refractivity contribution in [2.24, 2.45) is 5.73 Å². The van der Waals surface area contributed by atoms with Gasteiger partial charge in [-0.2, -0.15) is 0 Å². The van der Waals surface area contributed by atoms with Crippen molar-refractivity contribution < 1.29 is 14.3 Å². The van der Waals surface area contributed by atoms with Crippen molar-refractivity contribution in [1.82, 2.24) is 4.90 Å². The van der Waals surface area contributed by atoms with Gasteiger partial charge in [-0.15, -0.1) is 23.7 Å². The number of thiophene rings is 1. The molecule has 1 amide bonds. The standard InChI is InChI=1S/C17H20N2O3S.ClH/c1-11(10-18)19(2)17(20)16-6-5-15(23-16)12-3-4-13-14(9-12)22-8-7-21-13;/h3-6,9,11H,7-8,10,18H2,1-2H3;1H. The van der Waals surface area contributed by atoms with Gasteiger partial charge in [0.2, 0.25) is 0 Å². The molecular weight excluding hydrogens is 348 g/mol. The molecule has 0 spiro atoms. The molecule has 2 aromatic rings. The Kier molecular flexibility index (Phi) is 6.10. The van der Waals surface area contributed by atoms with E-state index >= 15 is 0 Å². The van der Waals surface area contributed by atoms with E-state index in [2.05, 4.69) is 0 Å². The van der Waals surface area contributed by atoms with Gasteiger partial charge in [0.1, 0.15) is 13.2 Å². The average molecular weight is 369 g/mol. The average Bonchev–Trinajstić information content (AvgIpc) is 3.09. The second kappa shape index (κ2) is 7.88. The summed E-state index contributed by atoms with van der Waals surface area (Å²) in [4.78, 5) is 15.9. The molecule has 24 heavy (non-hydrogen) atoms. The molecule has 1 aliphatic rings. The number of likely N-dealkylation sites (N-methyl/N-ethyl adjacent to an activating group) is 1. The number of nitrogens with zero attached hydrogens (tertiary/aromatic N) is 1. The van der Waals surface area contributed by atoms with Crippen LogP contribution >= 0.6 is 23.7 Å². The lowest BCUT2D eigenvalue weighted by Gasteiger charge is -2.22. The number of hydrogen-bond donors (Lipinski definition) is 1. The second-order valence-electron chi connectivity index (χ2n) is 5.52. The number of fused-ring (bicyclic) bond motifs is 1. The van der Waals surface area contributed by atoms with E-state index in [1.54, 1.807) is 11.9 Å². The van der Waals surface area contributed by atoms with E-state index in [9.17, 15) is 4.79 Å². The van der Waals surface area contributed by atoms with Crippen molar-refractivity contribution in [3.05, 3.63) is 35.2 Å². The van der Waals surface area contributed by atoms with E-state index in [1.165, 1.54) is 11.3 Å². The predicted octanol–water partition coefficient (Wildman–Crippen LogP) is 3.03. The van der Waals surface area contributed by atoms with Crippen molar-refractivity contribution in [1.29, 1.82) is 0 Å². The lowest BCUT2D eigenvalue weighted by atomic mass is 10.1. The lowest BCUT2D eigenvalue weighted by Crippen LogP contribution is -2.39. The third kappa shape index (κ3) is 3.66. The molecule has 1 unspecified atom stereocenters. The van der Waals surface area contributed by atoms with Crippen LogP contribution in [0, 0.1) is 0 Å². The number of ether oxygens (including phenoxy) is 2. The minimum absolute atomic E-state index is 0. The van der Waals surface area contributed by atoms with E-state index in [4.69, 9.17) is 15.2 Å². The zero-order valence-electron chi connectivity index (χ0n) is 13.7. The van der Waals surface area contributed by atoms with Gasteiger partial charge in [-0.05, 0) is 42.8 Å². The maximum atomic E-state index is 12.5. The summed E-state index contributed by atoms with van der Waals surface area (Å²) in [5, 5.41) is 0. The molecule has 0 fully saturated rings. The summed E-state index contributed by atoms with van der Waals surface area (Å²) in [6, 6.07) is 9.69. The third-order valence-corrected chi connectivity index (χ3v) is 5.09. The molecule has 5 nitrogen and oxygen atoms in total. The van der Waals surface area contributed by atoms with Crippen molar-refractivity contribution in [3.63, 3.8) is 0 Å². The van der Waals surface area contributed by atoms with Gasteiger partial charge in [0.15, 0.2) is 11.5 Å². The Morgan fingerprint density at radius 2 is 1.96 bits per heavy atom. The summed E-state index contributed by atoms with van der Waals surface area (Å²) in [6.07, 6.45) is 0. The van der Waals surface area contributed by atoms with E-state index in [-0.39, 0.29) is 24.4 Å². The Morgan fingerprint density at radius 1 is 1.25 bits per heavy atom. The highest BCUT2D eigenvalue weighted by atomic mass is 35.5. The monoisotopic (exact) mass is 368 g/mol. The molecule has 2 heterocycles. The Balaban J connectivity index is 0.00000208. The molecule has 0 saturated carbocycles. The van der Waals surface area contributed by atoms with Crippen LogP contribution in [-0.2, 0) is 0 Å². The highest BCUT2D eigenvalue weighted by Crippen LogP contribution is 2.37. The molecule has 7 heteroatoms. The van der Waals surface area contributed by atoms with Gasteiger partial charge >= 0.3 is 0 Å². The minimum atomic E-state index is -0.00302. The van der Waals surface area contributed by atoms with Crippen LogP contribution < -0.4 is 15.2 Å². The van der Waals surface area contributed by atoms with Gasteiger partial charge in [-0.1, -0.05) is 0 Å². The number of carbonyl (C=O) groups excluding carboxylic acids is 1. The number of amides is 1. The number of nitrogens with two attached hydrogens (primary N) is 1. The highest BCUT2D eigenvalue weighted by molar-refractivity contribution is 7.17. The number of carbonyl (C=O) groups is 1. The Bertz CT molecular complexity index is 720. The van der Waals surface area contributed by atoms with Crippen molar-refractivity contribution in [3.8, 4) is 21.9 Å². The van der Waals surface area contributed by atoms with E-state index in [0.29, 0.717) is 24.6 Å². The second-order valence-corrected chi connectivity index (χ2v) is 6.61. The minimum Gasteiger partial charge on any atom is -0.486 e. The molecule has 0 saturated heterocycles. The highest BCUT2D eigenvalue weighted by Gasteiger charge is 2.19. The van der Waals surface area contributed by atoms with Crippen LogP contribution in [0.4, 0.5) is 0 Å². The number of halogens is 1. The number of benzene rings is 1. The van der Waals surface area contributed by atoms with E-state index in [0.717, 1.165) is 21.9 Å². The molecule has 0 bridgehead atoms. The summed E-state index contributed by atoms with van der Waals surface area (Å²) >= 11 is 1.47. The van der Waals surface area contributed by atoms with Crippen LogP contribution in [0.1, 0.15) is 16.6 Å². The fraction of sp³-hybridized carbons (Fsp3) is 0.353. The van der Waals surface area contributed by atoms with Gasteiger partial charge in [-0.3, -0.25) is 4.79 Å². The fourth-order valence-corrected chi connectivity index (χ4v) is 3.32. The maximum Gasteiger partial charge on any atom is 0.263 e. The Labute approximate surface area is 151 Å². The maximum absolute atomic E-state index is 12.5. The van der Waals surface area contributed by atoms with Crippen LogP contribution in [-0.4, -0.2) is 43.7 Å². The van der Waals surface area contributed by atoms with E-state index < -0.39 is 0 Å². The SMILES string of the molecule is CC(CN)N(C)C(=O)c1ccc(-c2ccc3c(c2)OCCO3)s1.Cl. The first-order chi connectivity index (χ1) is 11.1. The molecule has 0 aliphatic carbocycles. The normalized spacial score (nSPS) is 13.8. The molecule has 1 atom stereocenters. The molecule has 0 radical (unpaired) electrons. The lowest BCUT2D eigenvalue weighted by molar-refractivity contribution is 0.0753. The van der Waals surface area contributed by atoms with Crippen molar-refractivity contribution >= 4 is 29.7 Å². The topological polar surface area (TPSA) is 64.8 Å². The molecule has 130 valence electrons. The quantitative estimate of drug-likeness (QED) is 0.900. The summed E-state index contributed by atoms with van der Waals surface area (Å²) in [5.74, 6) is 1.52. The zero-order valence-corrected chi connectivity index (χ0v) is 15.3. The van der Waals surface area contributed by atoms with E-state index in [1.807, 2.05) is 37.3 Å².